The number of aliphatic hydroxyl groups is 1. The molecule has 0 unspecified atom stereocenters. The van der Waals surface area contributed by atoms with Gasteiger partial charge in [0.05, 0.1) is 11.5 Å². The Hall–Kier alpha value is -0.910. The maximum absolute atomic E-state index is 12.8. The second kappa shape index (κ2) is 7.20. The zero-order valence-corrected chi connectivity index (χ0v) is 13.6. The van der Waals surface area contributed by atoms with E-state index in [0.717, 1.165) is 18.4 Å². The number of hydrogen-bond acceptors (Lipinski definition) is 3. The van der Waals surface area contributed by atoms with Crippen molar-refractivity contribution in [2.24, 2.45) is 0 Å². The molecule has 0 atom stereocenters. The van der Waals surface area contributed by atoms with Gasteiger partial charge in [-0.1, -0.05) is 32.9 Å². The lowest BCUT2D eigenvalue weighted by atomic mass is 10.1. The van der Waals surface area contributed by atoms with E-state index < -0.39 is 10.0 Å². The first-order valence-corrected chi connectivity index (χ1v) is 8.56. The van der Waals surface area contributed by atoms with Gasteiger partial charge in [0.15, 0.2) is 0 Å². The topological polar surface area (TPSA) is 57.6 Å². The molecule has 0 fully saturated rings. The van der Waals surface area contributed by atoms with Crippen LogP contribution in [0.4, 0.5) is 0 Å². The van der Waals surface area contributed by atoms with E-state index in [9.17, 15) is 13.5 Å². The van der Waals surface area contributed by atoms with Gasteiger partial charge in [-0.05, 0) is 36.5 Å². The monoisotopic (exact) mass is 299 g/mol. The largest absolute Gasteiger partial charge is 0.392 e. The van der Waals surface area contributed by atoms with Gasteiger partial charge in [0.25, 0.3) is 0 Å². The minimum Gasteiger partial charge on any atom is -0.392 e. The Morgan fingerprint density at radius 3 is 2.25 bits per heavy atom. The summed E-state index contributed by atoms with van der Waals surface area (Å²) in [7, 11) is -1.88. The van der Waals surface area contributed by atoms with Crippen LogP contribution in [0.2, 0.25) is 0 Å². The van der Waals surface area contributed by atoms with Gasteiger partial charge in [0.2, 0.25) is 10.0 Å². The number of benzene rings is 1. The number of aryl methyl sites for hydroxylation is 1. The SMILES string of the molecule is CCc1ccc(CO)cc1S(=O)(=O)N(C)C(CC)CC. The van der Waals surface area contributed by atoms with Crippen molar-refractivity contribution in [3.05, 3.63) is 29.3 Å². The van der Waals surface area contributed by atoms with Gasteiger partial charge in [-0.2, -0.15) is 4.31 Å². The quantitative estimate of drug-likeness (QED) is 0.842. The van der Waals surface area contributed by atoms with E-state index in [2.05, 4.69) is 0 Å². The lowest BCUT2D eigenvalue weighted by molar-refractivity contribution is 0.281. The molecule has 0 heterocycles. The summed E-state index contributed by atoms with van der Waals surface area (Å²) in [6.45, 7) is 5.77. The highest BCUT2D eigenvalue weighted by molar-refractivity contribution is 7.89. The third kappa shape index (κ3) is 3.40. The van der Waals surface area contributed by atoms with Crippen LogP contribution in [-0.4, -0.2) is 30.9 Å². The van der Waals surface area contributed by atoms with E-state index in [1.165, 1.54) is 4.31 Å². The van der Waals surface area contributed by atoms with Gasteiger partial charge >= 0.3 is 0 Å². The Morgan fingerprint density at radius 2 is 1.80 bits per heavy atom. The third-order valence-electron chi connectivity index (χ3n) is 3.81. The van der Waals surface area contributed by atoms with Gasteiger partial charge in [-0.3, -0.25) is 0 Å². The molecule has 0 aliphatic rings. The van der Waals surface area contributed by atoms with Crippen LogP contribution in [-0.2, 0) is 23.1 Å². The average Bonchev–Trinajstić information content (AvgIpc) is 2.47. The molecule has 0 aliphatic carbocycles. The molecule has 0 aromatic heterocycles. The summed E-state index contributed by atoms with van der Waals surface area (Å²) in [4.78, 5) is 0.320. The summed E-state index contributed by atoms with van der Waals surface area (Å²) in [5, 5.41) is 9.22. The van der Waals surface area contributed by atoms with Crippen LogP contribution in [0, 0.1) is 0 Å². The Kier molecular flexibility index (Phi) is 6.17. The zero-order valence-electron chi connectivity index (χ0n) is 12.8. The molecule has 0 saturated carbocycles. The molecule has 114 valence electrons. The first-order valence-electron chi connectivity index (χ1n) is 7.12. The molecule has 5 heteroatoms. The minimum absolute atomic E-state index is 0.00230. The van der Waals surface area contributed by atoms with Crippen LogP contribution < -0.4 is 0 Å². The smallest absolute Gasteiger partial charge is 0.243 e. The highest BCUT2D eigenvalue weighted by Gasteiger charge is 2.28. The minimum atomic E-state index is -3.52. The Morgan fingerprint density at radius 1 is 1.20 bits per heavy atom. The standard InChI is InChI=1S/C15H25NO3S/c1-5-13-9-8-12(11-17)10-15(13)20(18,19)16(4)14(6-2)7-3/h8-10,14,17H,5-7,11H2,1-4H3. The maximum Gasteiger partial charge on any atom is 0.243 e. The van der Waals surface area contributed by atoms with Crippen LogP contribution in [0.25, 0.3) is 0 Å². The molecule has 1 aromatic rings. The maximum atomic E-state index is 12.8. The first kappa shape index (κ1) is 17.1. The Bertz CT molecular complexity index is 536. The second-order valence-electron chi connectivity index (χ2n) is 4.95. The molecule has 0 spiro atoms. The van der Waals surface area contributed by atoms with E-state index in [-0.39, 0.29) is 12.6 Å². The number of nitrogens with zero attached hydrogens (tertiary/aromatic N) is 1. The molecule has 0 bridgehead atoms. The molecule has 0 radical (unpaired) electrons. The fourth-order valence-electron chi connectivity index (χ4n) is 2.38. The van der Waals surface area contributed by atoms with E-state index in [0.29, 0.717) is 16.9 Å². The summed E-state index contributed by atoms with van der Waals surface area (Å²) in [6.07, 6.45) is 2.22. The van der Waals surface area contributed by atoms with Crippen molar-refractivity contribution < 1.29 is 13.5 Å². The van der Waals surface area contributed by atoms with Crippen LogP contribution in [0.15, 0.2) is 23.1 Å². The molecule has 0 aliphatic heterocycles. The van der Waals surface area contributed by atoms with Gasteiger partial charge in [-0.15, -0.1) is 0 Å². The molecule has 1 rings (SSSR count). The first-order chi connectivity index (χ1) is 9.42. The summed E-state index contributed by atoms with van der Waals surface area (Å²) in [5.74, 6) is 0. The van der Waals surface area contributed by atoms with Gasteiger partial charge < -0.3 is 5.11 Å². The van der Waals surface area contributed by atoms with Crippen LogP contribution >= 0.6 is 0 Å². The molecule has 0 saturated heterocycles. The summed E-state index contributed by atoms with van der Waals surface area (Å²) in [5.41, 5.74) is 1.42. The molecule has 20 heavy (non-hydrogen) atoms. The molecule has 4 nitrogen and oxygen atoms in total. The summed E-state index contributed by atoms with van der Waals surface area (Å²) >= 11 is 0. The van der Waals surface area contributed by atoms with Gasteiger partial charge in [0, 0.05) is 13.1 Å². The van der Waals surface area contributed by atoms with Crippen molar-refractivity contribution in [1.82, 2.24) is 4.31 Å². The van der Waals surface area contributed by atoms with E-state index in [1.807, 2.05) is 20.8 Å². The summed E-state index contributed by atoms with van der Waals surface area (Å²) in [6, 6.07) is 5.16. The fourth-order valence-corrected chi connectivity index (χ4v) is 4.23. The molecular weight excluding hydrogens is 274 g/mol. The summed E-state index contributed by atoms with van der Waals surface area (Å²) < 4.78 is 27.0. The normalized spacial score (nSPS) is 12.3. The van der Waals surface area contributed by atoms with Crippen LogP contribution in [0.5, 0.6) is 0 Å². The molecule has 1 N–H and O–H groups in total. The van der Waals surface area contributed by atoms with Gasteiger partial charge in [0.1, 0.15) is 0 Å². The van der Waals surface area contributed by atoms with Crippen LogP contribution in [0.3, 0.4) is 0 Å². The molecule has 0 amide bonds. The highest BCUT2D eigenvalue weighted by Crippen LogP contribution is 2.24. The number of sulfonamides is 1. The van der Waals surface area contributed by atoms with E-state index in [1.54, 1.807) is 25.2 Å². The number of rotatable bonds is 7. The number of hydrogen-bond donors (Lipinski definition) is 1. The molecule has 1 aromatic carbocycles. The van der Waals surface area contributed by atoms with E-state index >= 15 is 0 Å². The average molecular weight is 299 g/mol. The highest BCUT2D eigenvalue weighted by atomic mass is 32.2. The number of aliphatic hydroxyl groups excluding tert-OH is 1. The zero-order chi connectivity index (χ0) is 15.3. The lowest BCUT2D eigenvalue weighted by Gasteiger charge is -2.26. The Labute approximate surface area is 122 Å². The predicted octanol–water partition coefficient (Wildman–Crippen LogP) is 2.55. The van der Waals surface area contributed by atoms with Crippen molar-refractivity contribution in [2.45, 2.75) is 57.6 Å². The van der Waals surface area contributed by atoms with Crippen molar-refractivity contribution in [2.75, 3.05) is 7.05 Å². The third-order valence-corrected chi connectivity index (χ3v) is 5.80. The lowest BCUT2D eigenvalue weighted by Crippen LogP contribution is -2.36. The predicted molar refractivity (Wildman–Crippen MR) is 81.1 cm³/mol. The van der Waals surface area contributed by atoms with Crippen molar-refractivity contribution in [3.8, 4) is 0 Å². The van der Waals surface area contributed by atoms with E-state index in [4.69, 9.17) is 0 Å². The van der Waals surface area contributed by atoms with Crippen LogP contribution in [0.1, 0.15) is 44.7 Å². The van der Waals surface area contributed by atoms with Crippen molar-refractivity contribution in [1.29, 1.82) is 0 Å². The Balaban J connectivity index is 3.33. The second-order valence-corrected chi connectivity index (χ2v) is 6.91. The van der Waals surface area contributed by atoms with Gasteiger partial charge in [-0.25, -0.2) is 8.42 Å². The van der Waals surface area contributed by atoms with Crippen molar-refractivity contribution >= 4 is 10.0 Å². The molecular formula is C15H25NO3S. The fraction of sp³-hybridized carbons (Fsp3) is 0.600. The van der Waals surface area contributed by atoms with Crippen molar-refractivity contribution in [3.63, 3.8) is 0 Å².